The van der Waals surface area contributed by atoms with E-state index in [1.54, 1.807) is 0 Å². The summed E-state index contributed by atoms with van der Waals surface area (Å²) in [6.45, 7) is 0. The molecule has 0 saturated carbocycles. The molecule has 1 aliphatic carbocycles. The first-order chi connectivity index (χ1) is 14.2. The molecule has 5 nitrogen and oxygen atoms in total. The predicted molar refractivity (Wildman–Crippen MR) is 140 cm³/mol. The fourth-order valence-electron chi connectivity index (χ4n) is 3.79. The molecular weight excluding hydrogens is 745 g/mol. The maximum atomic E-state index is 13.2. The van der Waals surface area contributed by atoms with Crippen molar-refractivity contribution < 1.29 is 22.5 Å². The lowest BCUT2D eigenvalue weighted by Gasteiger charge is -2.21. The van der Waals surface area contributed by atoms with Gasteiger partial charge in [0.2, 0.25) is 0 Å². The van der Waals surface area contributed by atoms with Gasteiger partial charge in [0, 0.05) is 10.7 Å². The van der Waals surface area contributed by atoms with Crippen molar-refractivity contribution in [1.82, 2.24) is 0 Å². The van der Waals surface area contributed by atoms with Crippen LogP contribution in [0, 0.1) is 10.7 Å². The van der Waals surface area contributed by atoms with E-state index in [-0.39, 0.29) is 4.90 Å². The third kappa shape index (κ3) is 4.11. The van der Waals surface area contributed by atoms with Crippen LogP contribution in [-0.4, -0.2) is 18.9 Å². The molecule has 0 atom stereocenters. The first-order valence-corrected chi connectivity index (χ1v) is 13.8. The number of benzene rings is 3. The van der Waals surface area contributed by atoms with Crippen molar-refractivity contribution in [2.45, 2.75) is 30.6 Å². The van der Waals surface area contributed by atoms with E-state index in [9.17, 15) is 17.8 Å². The van der Waals surface area contributed by atoms with Crippen molar-refractivity contribution in [2.24, 2.45) is 0 Å². The zero-order chi connectivity index (χ0) is 21.6. The average molecular weight is 760 g/mol. The normalized spacial score (nSPS) is 13.9. The Morgan fingerprint density at radius 3 is 2.10 bits per heavy atom. The molecule has 3 aromatic carbocycles. The highest BCUT2D eigenvalue weighted by Gasteiger charge is 2.27. The Labute approximate surface area is 215 Å². The van der Waals surface area contributed by atoms with Gasteiger partial charge < -0.3 is 4.74 Å². The molecule has 0 fully saturated rings. The molecule has 0 unspecified atom stereocenters. The van der Waals surface area contributed by atoms with Crippen LogP contribution in [0.3, 0.4) is 0 Å². The van der Waals surface area contributed by atoms with E-state index in [4.69, 9.17) is 4.74 Å². The smallest absolute Gasteiger partial charge is 0.345 e. The van der Waals surface area contributed by atoms with Crippen molar-refractivity contribution >= 4 is 94.6 Å². The topological polar surface area (TPSA) is 80.7 Å². The van der Waals surface area contributed by atoms with Crippen LogP contribution in [0.5, 0.6) is 5.75 Å². The second kappa shape index (κ2) is 8.79. The molecule has 0 bridgehead atoms. The molecule has 4 rings (SSSR count). The number of ether oxygens (including phenoxy) is 1. The van der Waals surface area contributed by atoms with E-state index in [1.165, 1.54) is 12.1 Å². The Hall–Kier alpha value is -0.510. The van der Waals surface area contributed by atoms with Crippen LogP contribution in [-0.2, 0) is 23.0 Å². The Morgan fingerprint density at radius 2 is 1.47 bits per heavy atom. The van der Waals surface area contributed by atoms with Crippen molar-refractivity contribution in [1.29, 1.82) is 0 Å². The molecule has 0 saturated heterocycles. The molecule has 30 heavy (non-hydrogen) atoms. The Kier molecular flexibility index (Phi) is 6.64. The standard InChI is InChI=1S/C21H15I3O5S/c22-18-13-7-3-4-8-14(13)19(23)20(24)17(18)21(25)29-15-9-10-16(30(26,27)28)12-6-2-1-5-11(12)15/h3-4,7-10H,1-2,5-6H2,(H,26,27,28). The molecule has 1 N–H and O–H groups in total. The van der Waals surface area contributed by atoms with Crippen LogP contribution in [0.15, 0.2) is 41.3 Å². The summed E-state index contributed by atoms with van der Waals surface area (Å²) >= 11 is 6.59. The van der Waals surface area contributed by atoms with Gasteiger partial charge in [0.1, 0.15) is 5.75 Å². The van der Waals surface area contributed by atoms with Gasteiger partial charge in [0.15, 0.2) is 0 Å². The summed E-state index contributed by atoms with van der Waals surface area (Å²) in [4.78, 5) is 13.1. The Balaban J connectivity index is 1.81. The summed E-state index contributed by atoms with van der Waals surface area (Å²) in [7, 11) is -4.33. The molecular formula is C21H15I3O5S. The fraction of sp³-hybridized carbons (Fsp3) is 0.190. The second-order valence-electron chi connectivity index (χ2n) is 6.95. The van der Waals surface area contributed by atoms with E-state index in [2.05, 4.69) is 67.8 Å². The van der Waals surface area contributed by atoms with Crippen molar-refractivity contribution in [2.75, 3.05) is 0 Å². The number of rotatable bonds is 3. The van der Waals surface area contributed by atoms with Gasteiger partial charge in [-0.15, -0.1) is 0 Å². The molecule has 156 valence electrons. The second-order valence-corrected chi connectivity index (χ2v) is 11.6. The van der Waals surface area contributed by atoms with Gasteiger partial charge in [-0.1, -0.05) is 24.3 Å². The first-order valence-electron chi connectivity index (χ1n) is 9.09. The van der Waals surface area contributed by atoms with Crippen molar-refractivity contribution in [3.05, 3.63) is 63.8 Å². The predicted octanol–water partition coefficient (Wildman–Crippen LogP) is 6.00. The summed E-state index contributed by atoms with van der Waals surface area (Å²) < 4.78 is 41.5. The molecule has 9 heteroatoms. The third-order valence-electron chi connectivity index (χ3n) is 5.17. The third-order valence-corrected chi connectivity index (χ3v) is 10.5. The highest BCUT2D eigenvalue weighted by Crippen LogP contribution is 2.37. The molecule has 0 amide bonds. The van der Waals surface area contributed by atoms with E-state index in [0.29, 0.717) is 35.3 Å². The van der Waals surface area contributed by atoms with Gasteiger partial charge in [0.25, 0.3) is 10.1 Å². The fourth-order valence-corrected chi connectivity index (χ4v) is 7.57. The minimum atomic E-state index is -4.33. The number of carbonyl (C=O) groups excluding carboxylic acids is 1. The van der Waals surface area contributed by atoms with Crippen LogP contribution < -0.4 is 4.74 Å². The maximum absolute atomic E-state index is 13.2. The zero-order valence-electron chi connectivity index (χ0n) is 15.4. The first kappa shape index (κ1) is 22.7. The van der Waals surface area contributed by atoms with Gasteiger partial charge >= 0.3 is 5.97 Å². The van der Waals surface area contributed by atoms with Crippen molar-refractivity contribution in [3.63, 3.8) is 0 Å². The van der Waals surface area contributed by atoms with Gasteiger partial charge in [-0.2, -0.15) is 8.42 Å². The Bertz CT molecular complexity index is 1300. The minimum absolute atomic E-state index is 0.0959. The van der Waals surface area contributed by atoms with Crippen LogP contribution in [0.25, 0.3) is 10.8 Å². The van der Waals surface area contributed by atoms with Crippen LogP contribution in [0.2, 0.25) is 0 Å². The summed E-state index contributed by atoms with van der Waals surface area (Å²) in [6.07, 6.45) is 2.82. The lowest BCUT2D eigenvalue weighted by Crippen LogP contribution is -2.17. The number of hydrogen-bond donors (Lipinski definition) is 1. The van der Waals surface area contributed by atoms with E-state index in [0.717, 1.165) is 34.3 Å². The maximum Gasteiger partial charge on any atom is 0.345 e. The summed E-state index contributed by atoms with van der Waals surface area (Å²) in [5.41, 5.74) is 1.74. The molecule has 3 aromatic rings. The molecule has 0 heterocycles. The largest absolute Gasteiger partial charge is 0.423 e. The molecule has 0 spiro atoms. The van der Waals surface area contributed by atoms with E-state index in [1.807, 2.05) is 24.3 Å². The number of hydrogen-bond acceptors (Lipinski definition) is 4. The van der Waals surface area contributed by atoms with Gasteiger partial charge in [-0.05, 0) is 127 Å². The van der Waals surface area contributed by atoms with Crippen LogP contribution >= 0.6 is 67.8 Å². The molecule has 0 radical (unpaired) electrons. The van der Waals surface area contributed by atoms with E-state index < -0.39 is 16.1 Å². The van der Waals surface area contributed by atoms with Crippen LogP contribution in [0.4, 0.5) is 0 Å². The lowest BCUT2D eigenvalue weighted by molar-refractivity contribution is 0.0730. The molecule has 0 aliphatic heterocycles. The highest BCUT2D eigenvalue weighted by atomic mass is 127. The molecule has 0 aromatic heterocycles. The number of halogens is 3. The van der Waals surface area contributed by atoms with Crippen molar-refractivity contribution in [3.8, 4) is 5.75 Å². The monoisotopic (exact) mass is 760 g/mol. The van der Waals surface area contributed by atoms with Gasteiger partial charge in [-0.3, -0.25) is 4.55 Å². The lowest BCUT2D eigenvalue weighted by atomic mass is 9.91. The van der Waals surface area contributed by atoms with Gasteiger partial charge in [-0.25, -0.2) is 4.79 Å². The summed E-state index contributed by atoms with van der Waals surface area (Å²) in [6, 6.07) is 10.7. The summed E-state index contributed by atoms with van der Waals surface area (Å²) in [5.74, 6) is -0.114. The van der Waals surface area contributed by atoms with Gasteiger partial charge in [0.05, 0.1) is 10.5 Å². The SMILES string of the molecule is O=C(Oc1ccc(S(=O)(=O)O)c2c1CCCC2)c1c(I)c(I)c2ccccc2c1I. The number of fused-ring (bicyclic) bond motifs is 2. The average Bonchev–Trinajstić information content (AvgIpc) is 2.71. The number of carbonyl (C=O) groups is 1. The Morgan fingerprint density at radius 1 is 0.867 bits per heavy atom. The number of esters is 1. The molecule has 1 aliphatic rings. The minimum Gasteiger partial charge on any atom is -0.423 e. The quantitative estimate of drug-likeness (QED) is 0.117. The zero-order valence-corrected chi connectivity index (χ0v) is 22.7. The summed E-state index contributed by atoms with van der Waals surface area (Å²) in [5, 5.41) is 2.07. The van der Waals surface area contributed by atoms with Crippen LogP contribution in [0.1, 0.15) is 34.3 Å². The highest BCUT2D eigenvalue weighted by molar-refractivity contribution is 14.1. The van der Waals surface area contributed by atoms with E-state index >= 15 is 0 Å².